The molecular formula is C20H21N4O4+. The lowest BCUT2D eigenvalue weighted by Crippen LogP contribution is -2.71. The van der Waals surface area contributed by atoms with Crippen LogP contribution < -0.4 is 4.90 Å². The van der Waals surface area contributed by atoms with E-state index in [9.17, 15) is 19.5 Å². The van der Waals surface area contributed by atoms with Gasteiger partial charge in [-0.2, -0.15) is 0 Å². The normalized spacial score (nSPS) is 18.9. The lowest BCUT2D eigenvalue weighted by Gasteiger charge is -2.46. The van der Waals surface area contributed by atoms with Crippen LogP contribution in [-0.2, 0) is 4.79 Å². The van der Waals surface area contributed by atoms with Gasteiger partial charge in [0.15, 0.2) is 0 Å². The fraction of sp³-hybridized carbons (Fsp3) is 0.300. The molecule has 0 unspecified atom stereocenters. The maximum atomic E-state index is 13.3. The molecule has 28 heavy (non-hydrogen) atoms. The number of hydrogen-bond donors (Lipinski definition) is 1. The van der Waals surface area contributed by atoms with Crippen LogP contribution >= 0.6 is 0 Å². The summed E-state index contributed by atoms with van der Waals surface area (Å²) in [6, 6.07) is 10.5. The molecule has 2 aliphatic heterocycles. The van der Waals surface area contributed by atoms with Crippen molar-refractivity contribution < 1.29 is 24.1 Å². The number of pyridine rings is 1. The van der Waals surface area contributed by atoms with Crippen molar-refractivity contribution in [3.05, 3.63) is 59.9 Å². The fourth-order valence-electron chi connectivity index (χ4n) is 4.01. The Bertz CT molecular complexity index is 892. The maximum absolute atomic E-state index is 13.3. The molecule has 1 fully saturated rings. The van der Waals surface area contributed by atoms with Crippen molar-refractivity contribution in [3.8, 4) is 0 Å². The zero-order chi connectivity index (χ0) is 19.7. The first kappa shape index (κ1) is 18.3. The van der Waals surface area contributed by atoms with E-state index in [1.807, 2.05) is 17.1 Å². The van der Waals surface area contributed by atoms with Gasteiger partial charge in [0, 0.05) is 31.2 Å². The standard InChI is InChI=1S/C20H20N4O4/c25-18(26)6-13-24(19(27)15-2-1-3-16(14-15)20(24)28)23-11-9-22(10-12-23)17-4-7-21-8-5-17/h1-5,7-8,14H,6,9-13H2/p+1. The topological polar surface area (TPSA) is 90.8 Å². The van der Waals surface area contributed by atoms with Gasteiger partial charge in [-0.05, 0) is 30.3 Å². The van der Waals surface area contributed by atoms with Crippen molar-refractivity contribution in [3.63, 3.8) is 0 Å². The van der Waals surface area contributed by atoms with E-state index in [-0.39, 0.29) is 24.8 Å². The van der Waals surface area contributed by atoms with Gasteiger partial charge >= 0.3 is 17.8 Å². The highest BCUT2D eigenvalue weighted by atomic mass is 16.4. The average Bonchev–Trinajstić information content (AvgIpc) is 2.74. The van der Waals surface area contributed by atoms with Crippen molar-refractivity contribution in [2.24, 2.45) is 0 Å². The second kappa shape index (κ2) is 7.14. The minimum Gasteiger partial charge on any atom is -0.481 e. The Hall–Kier alpha value is -3.10. The number of nitrogens with zero attached hydrogens (tertiary/aromatic N) is 4. The van der Waals surface area contributed by atoms with Gasteiger partial charge < -0.3 is 10.0 Å². The number of carboxylic acids is 1. The molecule has 2 bridgehead atoms. The lowest BCUT2D eigenvalue weighted by molar-refractivity contribution is -0.893. The summed E-state index contributed by atoms with van der Waals surface area (Å²) in [6.45, 7) is 2.13. The molecule has 2 aliphatic rings. The highest BCUT2D eigenvalue weighted by Crippen LogP contribution is 2.30. The first-order valence-electron chi connectivity index (χ1n) is 9.22. The number of carbonyl (C=O) groups excluding carboxylic acids is 2. The molecule has 1 saturated heterocycles. The SMILES string of the molecule is O=C(O)CC[N+]1(N2CCN(c3ccncc3)CC2)C(=O)c2cccc(c2)C1=O. The molecule has 8 heteroatoms. The number of carboxylic acid groups (broad SMARTS) is 1. The molecule has 2 aromatic rings. The zero-order valence-electron chi connectivity index (χ0n) is 15.3. The van der Waals surface area contributed by atoms with Crippen LogP contribution in [0, 0.1) is 0 Å². The number of amides is 2. The third-order valence-electron chi connectivity index (χ3n) is 5.44. The van der Waals surface area contributed by atoms with Crippen LogP contribution in [0.3, 0.4) is 0 Å². The molecule has 8 nitrogen and oxygen atoms in total. The van der Waals surface area contributed by atoms with Crippen LogP contribution in [0.25, 0.3) is 0 Å². The number of anilines is 1. The molecule has 0 aliphatic carbocycles. The van der Waals surface area contributed by atoms with Crippen molar-refractivity contribution in [2.75, 3.05) is 37.6 Å². The van der Waals surface area contributed by atoms with Crippen molar-refractivity contribution in [2.45, 2.75) is 6.42 Å². The van der Waals surface area contributed by atoms with Crippen molar-refractivity contribution >= 4 is 23.5 Å². The lowest BCUT2D eigenvalue weighted by atomic mass is 10.0. The van der Waals surface area contributed by atoms with E-state index in [0.717, 1.165) is 5.69 Å². The van der Waals surface area contributed by atoms with Crippen LogP contribution in [0.4, 0.5) is 5.69 Å². The van der Waals surface area contributed by atoms with Gasteiger partial charge in [0.05, 0.1) is 30.6 Å². The highest BCUT2D eigenvalue weighted by molar-refractivity contribution is 6.06. The largest absolute Gasteiger partial charge is 0.481 e. The molecule has 1 aromatic heterocycles. The van der Waals surface area contributed by atoms with E-state index in [4.69, 9.17) is 0 Å². The predicted octanol–water partition coefficient (Wildman–Crippen LogP) is 1.40. The third-order valence-corrected chi connectivity index (χ3v) is 5.44. The minimum atomic E-state index is -1.03. The summed E-state index contributed by atoms with van der Waals surface area (Å²) in [5.74, 6) is -1.73. The van der Waals surface area contributed by atoms with Gasteiger partial charge in [0.1, 0.15) is 6.54 Å². The Kier molecular flexibility index (Phi) is 4.66. The molecule has 4 rings (SSSR count). The number of aromatic nitrogens is 1. The number of benzene rings is 1. The van der Waals surface area contributed by atoms with Gasteiger partial charge in [-0.15, -0.1) is 9.60 Å². The van der Waals surface area contributed by atoms with E-state index in [0.29, 0.717) is 37.3 Å². The summed E-state index contributed by atoms with van der Waals surface area (Å²) >= 11 is 0. The Morgan fingerprint density at radius 1 is 1.00 bits per heavy atom. The molecule has 3 heterocycles. The second-order valence-electron chi connectivity index (χ2n) is 6.97. The Balaban J connectivity index is 1.63. The first-order chi connectivity index (χ1) is 13.5. The number of fused-ring (bicyclic) bond motifs is 2. The zero-order valence-corrected chi connectivity index (χ0v) is 15.3. The number of quaternary nitrogens is 1. The van der Waals surface area contributed by atoms with Crippen LogP contribution in [-0.4, -0.2) is 70.2 Å². The van der Waals surface area contributed by atoms with E-state index < -0.39 is 10.6 Å². The highest BCUT2D eigenvalue weighted by Gasteiger charge is 2.54. The van der Waals surface area contributed by atoms with Crippen molar-refractivity contribution in [1.82, 2.24) is 9.99 Å². The molecule has 0 radical (unpaired) electrons. The summed E-state index contributed by atoms with van der Waals surface area (Å²) in [6.07, 6.45) is 3.20. The number of imide groups is 1. The van der Waals surface area contributed by atoms with E-state index in [1.54, 1.807) is 36.7 Å². The molecule has 0 spiro atoms. The predicted molar refractivity (Wildman–Crippen MR) is 101 cm³/mol. The monoisotopic (exact) mass is 381 g/mol. The number of hydrogen-bond acceptors (Lipinski definition) is 6. The smallest absolute Gasteiger partial charge is 0.373 e. The summed E-state index contributed by atoms with van der Waals surface area (Å²) < 4.78 is -0.571. The molecule has 144 valence electrons. The minimum absolute atomic E-state index is 0.0786. The van der Waals surface area contributed by atoms with Gasteiger partial charge in [-0.25, -0.2) is 9.59 Å². The molecule has 0 saturated carbocycles. The summed E-state index contributed by atoms with van der Waals surface area (Å²) in [5.41, 5.74) is 1.92. The Morgan fingerprint density at radius 2 is 1.61 bits per heavy atom. The summed E-state index contributed by atoms with van der Waals surface area (Å²) in [4.78, 5) is 44.0. The average molecular weight is 381 g/mol. The summed E-state index contributed by atoms with van der Waals surface area (Å²) in [7, 11) is 0. The van der Waals surface area contributed by atoms with Crippen LogP contribution in [0.15, 0.2) is 48.8 Å². The molecule has 2 amide bonds. The van der Waals surface area contributed by atoms with Gasteiger partial charge in [0.25, 0.3) is 0 Å². The van der Waals surface area contributed by atoms with E-state index in [2.05, 4.69) is 9.88 Å². The number of rotatable bonds is 5. The quantitative estimate of drug-likeness (QED) is 0.618. The number of aliphatic carboxylic acids is 1. The van der Waals surface area contributed by atoms with E-state index in [1.165, 1.54) is 0 Å². The second-order valence-corrected chi connectivity index (χ2v) is 6.97. The van der Waals surface area contributed by atoms with Crippen LogP contribution in [0.5, 0.6) is 0 Å². The fourth-order valence-corrected chi connectivity index (χ4v) is 4.01. The Morgan fingerprint density at radius 3 is 2.18 bits per heavy atom. The van der Waals surface area contributed by atoms with Gasteiger partial charge in [0.2, 0.25) is 0 Å². The first-order valence-corrected chi connectivity index (χ1v) is 9.22. The van der Waals surface area contributed by atoms with E-state index >= 15 is 0 Å². The van der Waals surface area contributed by atoms with Gasteiger partial charge in [-0.3, -0.25) is 9.78 Å². The molecule has 0 atom stereocenters. The molecular weight excluding hydrogens is 360 g/mol. The van der Waals surface area contributed by atoms with Crippen LogP contribution in [0.2, 0.25) is 0 Å². The molecule has 1 N–H and O–H groups in total. The van der Waals surface area contributed by atoms with Crippen molar-refractivity contribution in [1.29, 1.82) is 0 Å². The Labute approximate surface area is 162 Å². The third kappa shape index (κ3) is 2.96. The summed E-state index contributed by atoms with van der Waals surface area (Å²) in [5, 5.41) is 11.0. The maximum Gasteiger partial charge on any atom is 0.373 e. The van der Waals surface area contributed by atoms with Crippen LogP contribution in [0.1, 0.15) is 27.1 Å². The molecule has 1 aromatic carbocycles. The number of carbonyl (C=O) groups is 3. The number of piperazine rings is 1. The van der Waals surface area contributed by atoms with Gasteiger partial charge in [-0.1, -0.05) is 6.07 Å².